The molecule has 0 radical (unpaired) electrons. The monoisotopic (exact) mass is 133 g/mol. The molecule has 1 aromatic rings. The average Bonchev–Trinajstić information content (AvgIpc) is 1.91. The molecule has 1 rings (SSSR count). The van der Waals surface area contributed by atoms with E-state index in [1.165, 1.54) is 0 Å². The standard InChI is InChI=1S/C5H3Cl2/c6-4-2-1-3-5(4)7/h1-3H/q-1. The molecule has 38 valence electrons. The lowest BCUT2D eigenvalue weighted by molar-refractivity contribution is 2.00. The highest BCUT2D eigenvalue weighted by molar-refractivity contribution is 6.42. The van der Waals surface area contributed by atoms with Crippen LogP contribution in [-0.2, 0) is 0 Å². The van der Waals surface area contributed by atoms with Crippen LogP contribution < -0.4 is 0 Å². The van der Waals surface area contributed by atoms with E-state index in [-0.39, 0.29) is 0 Å². The van der Waals surface area contributed by atoms with Crippen LogP contribution in [0, 0.1) is 0 Å². The SMILES string of the molecule is Clc1ccc[c-]1Cl. The Kier molecular flexibility index (Phi) is 1.31. The summed E-state index contributed by atoms with van der Waals surface area (Å²) >= 11 is 11.0. The first-order chi connectivity index (χ1) is 3.30. The van der Waals surface area contributed by atoms with Gasteiger partial charge in [0.1, 0.15) is 0 Å². The Morgan fingerprint density at radius 2 is 2.29 bits per heavy atom. The van der Waals surface area contributed by atoms with Crippen molar-refractivity contribution in [3.8, 4) is 0 Å². The topological polar surface area (TPSA) is 0 Å². The molecule has 0 unspecified atom stereocenters. The summed E-state index contributed by atoms with van der Waals surface area (Å²) in [6.45, 7) is 0. The van der Waals surface area contributed by atoms with Crippen LogP contribution in [0.3, 0.4) is 0 Å². The van der Waals surface area contributed by atoms with Crippen molar-refractivity contribution in [2.75, 3.05) is 0 Å². The Hall–Kier alpha value is -0.0700. The Morgan fingerprint density at radius 3 is 2.43 bits per heavy atom. The maximum absolute atomic E-state index is 5.49. The molecule has 0 saturated carbocycles. The Morgan fingerprint density at radius 1 is 1.57 bits per heavy atom. The van der Waals surface area contributed by atoms with Crippen LogP contribution >= 0.6 is 23.2 Å². The molecule has 0 nitrogen and oxygen atoms in total. The molecule has 0 aromatic heterocycles. The van der Waals surface area contributed by atoms with Gasteiger partial charge < -0.3 is 0 Å². The smallest absolute Gasteiger partial charge is 0.0535 e. The van der Waals surface area contributed by atoms with E-state index in [0.29, 0.717) is 10.0 Å². The summed E-state index contributed by atoms with van der Waals surface area (Å²) in [6.07, 6.45) is 0. The van der Waals surface area contributed by atoms with E-state index in [1.807, 2.05) is 6.07 Å². The lowest BCUT2D eigenvalue weighted by Crippen LogP contribution is -1.45. The summed E-state index contributed by atoms with van der Waals surface area (Å²) in [5, 5.41) is 1.25. The van der Waals surface area contributed by atoms with Crippen LogP contribution in [0.15, 0.2) is 18.2 Å². The van der Waals surface area contributed by atoms with Gasteiger partial charge in [-0.15, -0.1) is 11.6 Å². The van der Waals surface area contributed by atoms with Crippen LogP contribution in [0.4, 0.5) is 0 Å². The molecule has 0 aliphatic heterocycles. The third kappa shape index (κ3) is 0.929. The van der Waals surface area contributed by atoms with Crippen molar-refractivity contribution in [2.45, 2.75) is 0 Å². The lowest BCUT2D eigenvalue weighted by Gasteiger charge is -1.85. The molecular formula is C5H3Cl2-. The van der Waals surface area contributed by atoms with Crippen molar-refractivity contribution in [3.63, 3.8) is 0 Å². The third-order valence-corrected chi connectivity index (χ3v) is 1.47. The van der Waals surface area contributed by atoms with Gasteiger partial charge in [-0.25, -0.2) is 6.07 Å². The van der Waals surface area contributed by atoms with E-state index in [9.17, 15) is 0 Å². The van der Waals surface area contributed by atoms with Crippen molar-refractivity contribution < 1.29 is 0 Å². The quantitative estimate of drug-likeness (QED) is 0.478. The molecule has 0 bridgehead atoms. The molecule has 0 aliphatic rings. The summed E-state index contributed by atoms with van der Waals surface area (Å²) in [4.78, 5) is 0. The molecule has 0 N–H and O–H groups in total. The maximum Gasteiger partial charge on any atom is -0.0535 e. The molecule has 0 spiro atoms. The first-order valence-corrected chi connectivity index (χ1v) is 2.63. The van der Waals surface area contributed by atoms with E-state index in [4.69, 9.17) is 23.2 Å². The normalized spacial score (nSPS) is 9.43. The predicted molar refractivity (Wildman–Crippen MR) is 32.1 cm³/mol. The lowest BCUT2D eigenvalue weighted by atomic mass is 10.7. The predicted octanol–water partition coefficient (Wildman–Crippen LogP) is 2.71. The Bertz CT molecular complexity index is 138. The van der Waals surface area contributed by atoms with Gasteiger partial charge >= 0.3 is 0 Å². The van der Waals surface area contributed by atoms with Crippen molar-refractivity contribution in [3.05, 3.63) is 28.2 Å². The van der Waals surface area contributed by atoms with Crippen molar-refractivity contribution >= 4 is 23.2 Å². The zero-order valence-corrected chi connectivity index (χ0v) is 5.00. The van der Waals surface area contributed by atoms with Gasteiger partial charge in [0.25, 0.3) is 0 Å². The van der Waals surface area contributed by atoms with E-state index in [0.717, 1.165) is 0 Å². The first kappa shape index (κ1) is 5.07. The summed E-state index contributed by atoms with van der Waals surface area (Å²) in [6, 6.07) is 5.32. The second-order valence-corrected chi connectivity index (χ2v) is 2.04. The minimum atomic E-state index is 0.627. The Labute approximate surface area is 52.0 Å². The van der Waals surface area contributed by atoms with Gasteiger partial charge in [-0.05, 0) is 0 Å². The van der Waals surface area contributed by atoms with Gasteiger partial charge in [0.05, 0.1) is 0 Å². The van der Waals surface area contributed by atoms with E-state index in [2.05, 4.69) is 0 Å². The van der Waals surface area contributed by atoms with Gasteiger partial charge in [0.15, 0.2) is 0 Å². The van der Waals surface area contributed by atoms with E-state index in [1.54, 1.807) is 12.1 Å². The van der Waals surface area contributed by atoms with Gasteiger partial charge in [-0.2, -0.15) is 23.7 Å². The molecular weight excluding hydrogens is 131 g/mol. The van der Waals surface area contributed by atoms with Crippen LogP contribution in [-0.4, -0.2) is 0 Å². The summed E-state index contributed by atoms with van der Waals surface area (Å²) in [7, 11) is 0. The van der Waals surface area contributed by atoms with E-state index < -0.39 is 0 Å². The van der Waals surface area contributed by atoms with Crippen molar-refractivity contribution in [1.82, 2.24) is 0 Å². The fourth-order valence-corrected chi connectivity index (χ4v) is 0.648. The second-order valence-electron chi connectivity index (χ2n) is 1.22. The van der Waals surface area contributed by atoms with E-state index >= 15 is 0 Å². The zero-order valence-electron chi connectivity index (χ0n) is 3.49. The molecule has 0 heterocycles. The molecule has 7 heavy (non-hydrogen) atoms. The maximum atomic E-state index is 5.49. The second kappa shape index (κ2) is 1.81. The molecule has 0 atom stereocenters. The van der Waals surface area contributed by atoms with Gasteiger partial charge in [0, 0.05) is 0 Å². The zero-order chi connectivity index (χ0) is 5.28. The van der Waals surface area contributed by atoms with Gasteiger partial charge in [-0.3, -0.25) is 0 Å². The number of hydrogen-bond donors (Lipinski definition) is 0. The highest BCUT2D eigenvalue weighted by Crippen LogP contribution is 2.21. The van der Waals surface area contributed by atoms with Crippen LogP contribution in [0.1, 0.15) is 0 Å². The fraction of sp³-hybridized carbons (Fsp3) is 0. The van der Waals surface area contributed by atoms with Crippen LogP contribution in [0.25, 0.3) is 0 Å². The summed E-state index contributed by atoms with van der Waals surface area (Å²) < 4.78 is 0. The van der Waals surface area contributed by atoms with Crippen molar-refractivity contribution in [2.24, 2.45) is 0 Å². The molecule has 0 aliphatic carbocycles. The minimum absolute atomic E-state index is 0.627. The Balaban J connectivity index is 3.12. The highest BCUT2D eigenvalue weighted by Gasteiger charge is 1.79. The molecule has 2 heteroatoms. The minimum Gasteiger partial charge on any atom is -0.211 e. The molecule has 1 aromatic carbocycles. The van der Waals surface area contributed by atoms with Gasteiger partial charge in [-0.1, -0.05) is 10.0 Å². The number of halogens is 2. The highest BCUT2D eigenvalue weighted by atomic mass is 35.5. The van der Waals surface area contributed by atoms with Gasteiger partial charge in [0.2, 0.25) is 0 Å². The van der Waals surface area contributed by atoms with Crippen LogP contribution in [0.5, 0.6) is 0 Å². The summed E-state index contributed by atoms with van der Waals surface area (Å²) in [5.41, 5.74) is 0. The number of rotatable bonds is 0. The number of hydrogen-bond acceptors (Lipinski definition) is 0. The first-order valence-electron chi connectivity index (χ1n) is 1.87. The average molecular weight is 134 g/mol. The molecule has 0 amide bonds. The van der Waals surface area contributed by atoms with Crippen molar-refractivity contribution in [1.29, 1.82) is 0 Å². The molecule has 0 fully saturated rings. The third-order valence-electron chi connectivity index (χ3n) is 0.713. The fourth-order valence-electron chi connectivity index (χ4n) is 0.376. The largest absolute Gasteiger partial charge is 0.211 e. The summed E-state index contributed by atoms with van der Waals surface area (Å²) in [5.74, 6) is 0. The molecule has 0 saturated heterocycles. The van der Waals surface area contributed by atoms with Crippen LogP contribution in [0.2, 0.25) is 10.0 Å².